The smallest absolute Gasteiger partial charge is 0.325 e. The van der Waals surface area contributed by atoms with E-state index in [9.17, 15) is 19.2 Å². The van der Waals surface area contributed by atoms with E-state index in [0.717, 1.165) is 29.7 Å². The molecule has 1 saturated carbocycles. The third-order valence-corrected chi connectivity index (χ3v) is 7.50. The van der Waals surface area contributed by atoms with Crippen LogP contribution in [0.4, 0.5) is 4.79 Å². The molecule has 2 N–H and O–H groups in total. The fraction of sp³-hybridized carbons (Fsp3) is 0.600. The molecule has 0 atom stereocenters. The zero-order valence-electron chi connectivity index (χ0n) is 20.4. The van der Waals surface area contributed by atoms with E-state index in [-0.39, 0.29) is 30.3 Å². The van der Waals surface area contributed by atoms with E-state index in [1.165, 1.54) is 4.90 Å². The lowest BCUT2D eigenvalue weighted by molar-refractivity contribution is -0.136. The van der Waals surface area contributed by atoms with E-state index in [2.05, 4.69) is 31.4 Å². The number of nitrogens with zero attached hydrogens (tertiary/aromatic N) is 2. The first kappa shape index (κ1) is 24.7. The van der Waals surface area contributed by atoms with Crippen LogP contribution in [0.2, 0.25) is 0 Å². The van der Waals surface area contributed by atoms with E-state index in [1.807, 2.05) is 0 Å². The number of amides is 5. The van der Waals surface area contributed by atoms with Gasteiger partial charge in [0.05, 0.1) is 0 Å². The number of rotatable bonds is 7. The van der Waals surface area contributed by atoms with Gasteiger partial charge in [-0.25, -0.2) is 4.79 Å². The molecule has 0 radical (unpaired) electrons. The summed E-state index contributed by atoms with van der Waals surface area (Å²) in [5.41, 5.74) is 0.734. The second-order valence-corrected chi connectivity index (χ2v) is 10.2. The molecule has 1 aliphatic heterocycles. The van der Waals surface area contributed by atoms with E-state index in [4.69, 9.17) is 0 Å². The van der Waals surface area contributed by atoms with E-state index < -0.39 is 17.5 Å². The van der Waals surface area contributed by atoms with Crippen molar-refractivity contribution in [1.82, 2.24) is 20.4 Å². The summed E-state index contributed by atoms with van der Waals surface area (Å²) in [5, 5.41) is 5.64. The van der Waals surface area contributed by atoms with Crippen molar-refractivity contribution in [3.63, 3.8) is 0 Å². The van der Waals surface area contributed by atoms with Gasteiger partial charge in [-0.05, 0) is 54.7 Å². The van der Waals surface area contributed by atoms with Crippen LogP contribution in [0.1, 0.15) is 68.8 Å². The summed E-state index contributed by atoms with van der Waals surface area (Å²) >= 11 is 0. The number of hydrogen-bond donors (Lipinski definition) is 2. The fourth-order valence-electron chi connectivity index (χ4n) is 4.76. The maximum Gasteiger partial charge on any atom is 0.325 e. The van der Waals surface area contributed by atoms with E-state index >= 15 is 0 Å². The molecule has 8 heteroatoms. The molecule has 5 amide bonds. The Hall–Kier alpha value is -2.90. The Balaban J connectivity index is 1.54. The van der Waals surface area contributed by atoms with Crippen molar-refractivity contribution in [3.8, 4) is 0 Å². The Morgan fingerprint density at radius 3 is 2.30 bits per heavy atom. The van der Waals surface area contributed by atoms with Gasteiger partial charge in [0, 0.05) is 26.2 Å². The molecule has 0 bridgehead atoms. The highest BCUT2D eigenvalue weighted by atomic mass is 16.2. The molecule has 8 nitrogen and oxygen atoms in total. The average Bonchev–Trinajstić information content (AvgIpc) is 3.01. The lowest BCUT2D eigenvalue weighted by Gasteiger charge is -2.42. The molecule has 1 heterocycles. The molecule has 1 saturated heterocycles. The van der Waals surface area contributed by atoms with Gasteiger partial charge in [-0.15, -0.1) is 0 Å². The first-order valence-corrected chi connectivity index (χ1v) is 11.7. The molecule has 33 heavy (non-hydrogen) atoms. The predicted octanol–water partition coefficient (Wildman–Crippen LogP) is 2.92. The Morgan fingerprint density at radius 2 is 1.76 bits per heavy atom. The van der Waals surface area contributed by atoms with Gasteiger partial charge in [0.1, 0.15) is 12.1 Å². The van der Waals surface area contributed by atoms with Crippen LogP contribution in [-0.4, -0.2) is 59.7 Å². The molecule has 1 aromatic carbocycles. The zero-order chi connectivity index (χ0) is 24.4. The average molecular weight is 457 g/mol. The highest BCUT2D eigenvalue weighted by Gasteiger charge is 2.53. The SMILES string of the molecule is CCC(C)(C)C1CCC2(CC1)NC(=O)N(CC(=O)NCc1ccc(C(=O)N(C)C)cc1)C2=O. The summed E-state index contributed by atoms with van der Waals surface area (Å²) in [4.78, 5) is 52.6. The number of carbonyl (C=O) groups is 4. The predicted molar refractivity (Wildman–Crippen MR) is 125 cm³/mol. The van der Waals surface area contributed by atoms with Gasteiger partial charge >= 0.3 is 6.03 Å². The van der Waals surface area contributed by atoms with Crippen LogP contribution < -0.4 is 10.6 Å². The number of urea groups is 1. The number of benzene rings is 1. The maximum absolute atomic E-state index is 13.1. The van der Waals surface area contributed by atoms with Crippen LogP contribution in [0, 0.1) is 11.3 Å². The van der Waals surface area contributed by atoms with Crippen LogP contribution >= 0.6 is 0 Å². The molecule has 0 aromatic heterocycles. The van der Waals surface area contributed by atoms with Crippen molar-refractivity contribution in [1.29, 1.82) is 0 Å². The third kappa shape index (κ3) is 5.20. The van der Waals surface area contributed by atoms with Gasteiger partial charge in [0.15, 0.2) is 0 Å². The minimum Gasteiger partial charge on any atom is -0.350 e. The normalized spacial score (nSPS) is 22.9. The molecular weight excluding hydrogens is 420 g/mol. The fourth-order valence-corrected chi connectivity index (χ4v) is 4.76. The highest BCUT2D eigenvalue weighted by molar-refractivity contribution is 6.09. The molecule has 2 fully saturated rings. The largest absolute Gasteiger partial charge is 0.350 e. The van der Waals surface area contributed by atoms with Crippen molar-refractivity contribution >= 4 is 23.8 Å². The van der Waals surface area contributed by atoms with Crippen molar-refractivity contribution in [2.75, 3.05) is 20.6 Å². The molecule has 1 spiro atoms. The number of hydrogen-bond acceptors (Lipinski definition) is 4. The topological polar surface area (TPSA) is 98.8 Å². The number of imide groups is 1. The van der Waals surface area contributed by atoms with Crippen LogP contribution in [0.15, 0.2) is 24.3 Å². The molecular formula is C25H36N4O4. The standard InChI is InChI=1S/C25H36N4O4/c1-6-24(2,3)19-11-13-25(14-12-19)22(32)29(23(33)27-25)16-20(30)26-15-17-7-9-18(10-8-17)21(31)28(4)5/h7-10,19H,6,11-16H2,1-5H3,(H,26,30)(H,27,33). The van der Waals surface area contributed by atoms with Crippen molar-refractivity contribution in [2.45, 2.75) is 65.0 Å². The Bertz CT molecular complexity index is 915. The first-order chi connectivity index (χ1) is 15.5. The summed E-state index contributed by atoms with van der Waals surface area (Å²) in [6, 6.07) is 6.48. The number of nitrogens with one attached hydrogen (secondary N) is 2. The van der Waals surface area contributed by atoms with Crippen molar-refractivity contribution < 1.29 is 19.2 Å². The quantitative estimate of drug-likeness (QED) is 0.616. The summed E-state index contributed by atoms with van der Waals surface area (Å²) < 4.78 is 0. The van der Waals surface area contributed by atoms with Gasteiger partial charge in [0.2, 0.25) is 5.91 Å². The number of carbonyl (C=O) groups excluding carboxylic acids is 4. The summed E-state index contributed by atoms with van der Waals surface area (Å²) in [6.07, 6.45) is 4.08. The molecule has 1 aromatic rings. The van der Waals surface area contributed by atoms with Crippen LogP contribution in [-0.2, 0) is 16.1 Å². The Morgan fingerprint density at radius 1 is 1.15 bits per heavy atom. The lowest BCUT2D eigenvalue weighted by Crippen LogP contribution is -2.51. The van der Waals surface area contributed by atoms with Gasteiger partial charge in [-0.3, -0.25) is 19.3 Å². The minimum absolute atomic E-state index is 0.0923. The van der Waals surface area contributed by atoms with Crippen LogP contribution in [0.25, 0.3) is 0 Å². The van der Waals surface area contributed by atoms with Gasteiger partial charge in [0.25, 0.3) is 11.8 Å². The molecule has 0 unspecified atom stereocenters. The summed E-state index contributed by atoms with van der Waals surface area (Å²) in [7, 11) is 3.38. The summed E-state index contributed by atoms with van der Waals surface area (Å²) in [6.45, 7) is 6.65. The van der Waals surface area contributed by atoms with Crippen molar-refractivity contribution in [2.24, 2.45) is 11.3 Å². The van der Waals surface area contributed by atoms with Gasteiger partial charge in [-0.2, -0.15) is 0 Å². The molecule has 180 valence electrons. The van der Waals surface area contributed by atoms with Crippen molar-refractivity contribution in [3.05, 3.63) is 35.4 Å². The van der Waals surface area contributed by atoms with E-state index in [0.29, 0.717) is 24.3 Å². The second kappa shape index (κ2) is 9.53. The first-order valence-electron chi connectivity index (χ1n) is 11.7. The Kier molecular flexibility index (Phi) is 7.14. The van der Waals surface area contributed by atoms with Gasteiger partial charge in [-0.1, -0.05) is 39.3 Å². The Labute approximate surface area is 196 Å². The third-order valence-electron chi connectivity index (χ3n) is 7.50. The molecule has 1 aliphatic carbocycles. The second-order valence-electron chi connectivity index (χ2n) is 10.2. The zero-order valence-corrected chi connectivity index (χ0v) is 20.4. The maximum atomic E-state index is 13.1. The van der Waals surface area contributed by atoms with E-state index in [1.54, 1.807) is 38.4 Å². The molecule has 2 aliphatic rings. The van der Waals surface area contributed by atoms with Gasteiger partial charge < -0.3 is 15.5 Å². The highest BCUT2D eigenvalue weighted by Crippen LogP contribution is 2.45. The van der Waals surface area contributed by atoms with Crippen LogP contribution in [0.3, 0.4) is 0 Å². The monoisotopic (exact) mass is 456 g/mol. The minimum atomic E-state index is -0.869. The summed E-state index contributed by atoms with van der Waals surface area (Å²) in [5.74, 6) is -0.258. The van der Waals surface area contributed by atoms with Crippen LogP contribution in [0.5, 0.6) is 0 Å². The lowest BCUT2D eigenvalue weighted by atomic mass is 9.65. The molecule has 3 rings (SSSR count).